The monoisotopic (exact) mass is 290 g/mol. The lowest BCUT2D eigenvalue weighted by Gasteiger charge is -2.11. The van der Waals surface area contributed by atoms with Gasteiger partial charge in [0, 0.05) is 25.2 Å². The molecule has 5 heteroatoms. The molecule has 0 bridgehead atoms. The van der Waals surface area contributed by atoms with Gasteiger partial charge in [-0.2, -0.15) is 0 Å². The number of pyridine rings is 1. The largest absolute Gasteiger partial charge is 0.475 e. The Kier molecular flexibility index (Phi) is 6.40. The van der Waals surface area contributed by atoms with Crippen LogP contribution < -0.4 is 10.1 Å². The zero-order valence-electron chi connectivity index (χ0n) is 12.6. The Balaban J connectivity index is 2.02. The van der Waals surface area contributed by atoms with Crippen LogP contribution in [0.3, 0.4) is 0 Å². The molecular weight excluding hydrogens is 268 g/mol. The van der Waals surface area contributed by atoms with Crippen LogP contribution in [0.1, 0.15) is 5.56 Å². The van der Waals surface area contributed by atoms with E-state index < -0.39 is 0 Å². The molecule has 0 aliphatic carbocycles. The highest BCUT2D eigenvalue weighted by Gasteiger charge is 2.07. The van der Waals surface area contributed by atoms with E-state index in [0.29, 0.717) is 32.3 Å². The van der Waals surface area contributed by atoms with E-state index in [2.05, 4.69) is 16.4 Å². The van der Waals surface area contributed by atoms with Gasteiger partial charge in [0.05, 0.1) is 19.8 Å². The van der Waals surface area contributed by atoms with Gasteiger partial charge in [-0.3, -0.25) is 0 Å². The van der Waals surface area contributed by atoms with Crippen LogP contribution in [0.2, 0.25) is 0 Å². The lowest BCUT2D eigenvalue weighted by Crippen LogP contribution is -2.11. The first-order chi connectivity index (χ1) is 10.4. The van der Waals surface area contributed by atoms with E-state index in [0.717, 1.165) is 22.9 Å². The van der Waals surface area contributed by atoms with Gasteiger partial charge in [0.2, 0.25) is 5.88 Å². The van der Waals surface area contributed by atoms with Crippen molar-refractivity contribution < 1.29 is 14.2 Å². The maximum absolute atomic E-state index is 5.74. The molecule has 5 nitrogen and oxygen atoms in total. The molecule has 0 fully saturated rings. The predicted octanol–water partition coefficient (Wildman–Crippen LogP) is 2.00. The fourth-order valence-electron chi connectivity index (χ4n) is 2.11. The van der Waals surface area contributed by atoms with Crippen LogP contribution in [0.25, 0.3) is 10.8 Å². The van der Waals surface area contributed by atoms with Gasteiger partial charge < -0.3 is 19.5 Å². The molecule has 114 valence electrons. The zero-order chi connectivity index (χ0) is 14.9. The molecule has 1 N–H and O–H groups in total. The highest BCUT2D eigenvalue weighted by atomic mass is 16.5. The Morgan fingerprint density at radius 2 is 1.81 bits per heavy atom. The number of rotatable bonds is 9. The average Bonchev–Trinajstić information content (AvgIpc) is 2.52. The Hall–Kier alpha value is -1.69. The molecule has 0 unspecified atom stereocenters. The number of fused-ring (bicyclic) bond motifs is 1. The van der Waals surface area contributed by atoms with Gasteiger partial charge in [-0.1, -0.05) is 18.2 Å². The summed E-state index contributed by atoms with van der Waals surface area (Å²) in [6.07, 6.45) is 1.86. The summed E-state index contributed by atoms with van der Waals surface area (Å²) < 4.78 is 16.0. The summed E-state index contributed by atoms with van der Waals surface area (Å²) in [6.45, 7) is 2.96. The van der Waals surface area contributed by atoms with Gasteiger partial charge in [-0.05, 0) is 24.1 Å². The Labute approximate surface area is 125 Å². The first-order valence-electron chi connectivity index (χ1n) is 7.07. The van der Waals surface area contributed by atoms with Gasteiger partial charge in [-0.25, -0.2) is 4.98 Å². The molecular formula is C16H22N2O3. The molecule has 0 radical (unpaired) electrons. The number of hydrogen-bond acceptors (Lipinski definition) is 5. The smallest absolute Gasteiger partial charge is 0.221 e. The molecule has 0 amide bonds. The number of nitrogens with zero attached hydrogens (tertiary/aromatic N) is 1. The van der Waals surface area contributed by atoms with E-state index >= 15 is 0 Å². The fraction of sp³-hybridized carbons (Fsp3) is 0.438. The highest BCUT2D eigenvalue weighted by molar-refractivity contribution is 5.89. The normalized spacial score (nSPS) is 11.0. The quantitative estimate of drug-likeness (QED) is 0.716. The number of hydrogen-bond donors (Lipinski definition) is 1. The maximum Gasteiger partial charge on any atom is 0.221 e. The topological polar surface area (TPSA) is 52.6 Å². The summed E-state index contributed by atoms with van der Waals surface area (Å²) in [5.74, 6) is 0.654. The third-order valence-electron chi connectivity index (χ3n) is 3.11. The van der Waals surface area contributed by atoms with Crippen LogP contribution in [-0.4, -0.2) is 45.6 Å². The minimum atomic E-state index is 0.478. The predicted molar refractivity (Wildman–Crippen MR) is 82.7 cm³/mol. The molecule has 2 rings (SSSR count). The van der Waals surface area contributed by atoms with E-state index in [-0.39, 0.29) is 0 Å². The number of ether oxygens (including phenoxy) is 3. The first-order valence-corrected chi connectivity index (χ1v) is 7.07. The Bertz CT molecular complexity index is 560. The van der Waals surface area contributed by atoms with Crippen LogP contribution >= 0.6 is 0 Å². The number of nitrogens with one attached hydrogen (secondary N) is 1. The van der Waals surface area contributed by atoms with Crippen molar-refractivity contribution >= 4 is 10.8 Å². The summed E-state index contributed by atoms with van der Waals surface area (Å²) in [7, 11) is 3.58. The Morgan fingerprint density at radius 1 is 1.05 bits per heavy atom. The first kappa shape index (κ1) is 15.7. The van der Waals surface area contributed by atoms with Crippen LogP contribution in [0.4, 0.5) is 0 Å². The zero-order valence-corrected chi connectivity index (χ0v) is 12.6. The van der Waals surface area contributed by atoms with Gasteiger partial charge in [-0.15, -0.1) is 0 Å². The number of benzene rings is 1. The van der Waals surface area contributed by atoms with Crippen molar-refractivity contribution in [3.05, 3.63) is 36.0 Å². The molecule has 1 aromatic carbocycles. The summed E-state index contributed by atoms with van der Waals surface area (Å²) in [5, 5.41) is 5.35. The van der Waals surface area contributed by atoms with Crippen molar-refractivity contribution in [3.8, 4) is 5.88 Å². The lowest BCUT2D eigenvalue weighted by molar-refractivity contribution is 0.0539. The van der Waals surface area contributed by atoms with E-state index in [1.54, 1.807) is 7.11 Å². The standard InChI is InChI=1S/C16H22N2O3/c1-17-11-13-12-18-16(15-6-4-3-5-14(13)15)21-10-9-20-8-7-19-2/h3-6,12,17H,7-11H2,1-2H3. The molecule has 21 heavy (non-hydrogen) atoms. The molecule has 0 aliphatic rings. The third kappa shape index (κ3) is 4.39. The minimum Gasteiger partial charge on any atom is -0.475 e. The van der Waals surface area contributed by atoms with Gasteiger partial charge in [0.15, 0.2) is 0 Å². The van der Waals surface area contributed by atoms with Crippen molar-refractivity contribution in [1.82, 2.24) is 10.3 Å². The molecule has 0 atom stereocenters. The molecule has 2 aromatic rings. The second-order valence-corrected chi connectivity index (χ2v) is 4.62. The second-order valence-electron chi connectivity index (χ2n) is 4.62. The van der Waals surface area contributed by atoms with E-state index in [9.17, 15) is 0 Å². The fourth-order valence-corrected chi connectivity index (χ4v) is 2.11. The van der Waals surface area contributed by atoms with E-state index in [1.165, 1.54) is 0 Å². The molecule has 0 spiro atoms. The van der Waals surface area contributed by atoms with Crippen molar-refractivity contribution in [3.63, 3.8) is 0 Å². The highest BCUT2D eigenvalue weighted by Crippen LogP contribution is 2.25. The summed E-state index contributed by atoms with van der Waals surface area (Å²) in [5.41, 5.74) is 1.16. The van der Waals surface area contributed by atoms with Crippen molar-refractivity contribution in [2.45, 2.75) is 6.54 Å². The van der Waals surface area contributed by atoms with Gasteiger partial charge >= 0.3 is 0 Å². The van der Waals surface area contributed by atoms with Gasteiger partial charge in [0.25, 0.3) is 0 Å². The number of aromatic nitrogens is 1. The molecule has 0 saturated heterocycles. The SMILES string of the molecule is CNCc1cnc(OCCOCCOC)c2ccccc12. The molecule has 1 aromatic heterocycles. The molecule has 0 saturated carbocycles. The van der Waals surface area contributed by atoms with Crippen molar-refractivity contribution in [1.29, 1.82) is 0 Å². The van der Waals surface area contributed by atoms with Crippen LogP contribution in [0.15, 0.2) is 30.5 Å². The number of methoxy groups -OCH3 is 1. The Morgan fingerprint density at radius 3 is 2.57 bits per heavy atom. The summed E-state index contributed by atoms with van der Waals surface area (Å²) in [4.78, 5) is 4.42. The summed E-state index contributed by atoms with van der Waals surface area (Å²) >= 11 is 0. The third-order valence-corrected chi connectivity index (χ3v) is 3.11. The molecule has 0 aliphatic heterocycles. The maximum atomic E-state index is 5.74. The lowest BCUT2D eigenvalue weighted by atomic mass is 10.1. The summed E-state index contributed by atoms with van der Waals surface area (Å²) in [6, 6.07) is 8.14. The second kappa shape index (κ2) is 8.56. The molecule has 1 heterocycles. The van der Waals surface area contributed by atoms with Crippen LogP contribution in [-0.2, 0) is 16.0 Å². The van der Waals surface area contributed by atoms with Crippen LogP contribution in [0.5, 0.6) is 5.88 Å². The van der Waals surface area contributed by atoms with Crippen molar-refractivity contribution in [2.75, 3.05) is 40.6 Å². The van der Waals surface area contributed by atoms with E-state index in [4.69, 9.17) is 14.2 Å². The van der Waals surface area contributed by atoms with E-state index in [1.807, 2.05) is 31.4 Å². The van der Waals surface area contributed by atoms with Gasteiger partial charge in [0.1, 0.15) is 6.61 Å². The minimum absolute atomic E-state index is 0.478. The van der Waals surface area contributed by atoms with Crippen LogP contribution in [0, 0.1) is 0 Å². The average molecular weight is 290 g/mol. The van der Waals surface area contributed by atoms with Crippen molar-refractivity contribution in [2.24, 2.45) is 0 Å².